The van der Waals surface area contributed by atoms with Gasteiger partial charge < -0.3 is 16.0 Å². The van der Waals surface area contributed by atoms with Crippen molar-refractivity contribution in [3.63, 3.8) is 0 Å². The lowest BCUT2D eigenvalue weighted by atomic mass is 10.1. The van der Waals surface area contributed by atoms with Crippen LogP contribution in [0, 0.1) is 0 Å². The maximum absolute atomic E-state index is 12.1. The number of nitrogens with one attached hydrogen (secondary N) is 2. The van der Waals surface area contributed by atoms with E-state index in [0.717, 1.165) is 22.5 Å². The SMILES string of the molecule is NC(=O)c1cccc2nc(CCNc3ncnc4nc[nH]c34)n(-c3ccccc3)c12. The number of hydrogen-bond acceptors (Lipinski definition) is 6. The maximum Gasteiger partial charge on any atom is 0.250 e. The lowest BCUT2D eigenvalue weighted by Gasteiger charge is -2.11. The van der Waals surface area contributed by atoms with Gasteiger partial charge in [0, 0.05) is 18.7 Å². The van der Waals surface area contributed by atoms with E-state index in [1.807, 2.05) is 41.0 Å². The van der Waals surface area contributed by atoms with E-state index in [9.17, 15) is 4.79 Å². The number of carbonyl (C=O) groups is 1. The highest BCUT2D eigenvalue weighted by molar-refractivity contribution is 6.04. The minimum Gasteiger partial charge on any atom is -0.368 e. The number of anilines is 1. The number of benzene rings is 2. The number of carbonyl (C=O) groups excluding carboxylic acids is 1. The average Bonchev–Trinajstić information content (AvgIpc) is 3.39. The Hall–Kier alpha value is -4.27. The van der Waals surface area contributed by atoms with Gasteiger partial charge in [-0.25, -0.2) is 19.9 Å². The number of nitrogens with two attached hydrogens (primary N) is 1. The topological polar surface area (TPSA) is 127 Å². The minimum absolute atomic E-state index is 0.443. The molecule has 3 heterocycles. The molecule has 1 amide bonds. The van der Waals surface area contributed by atoms with Gasteiger partial charge in [-0.05, 0) is 24.3 Å². The summed E-state index contributed by atoms with van der Waals surface area (Å²) in [5.74, 6) is 1.01. The molecule has 0 atom stereocenters. The van der Waals surface area contributed by atoms with Crippen LogP contribution in [-0.4, -0.2) is 41.9 Å². The van der Waals surface area contributed by atoms with Gasteiger partial charge in [0.15, 0.2) is 11.5 Å². The number of H-pyrrole nitrogens is 1. The first-order valence-corrected chi connectivity index (χ1v) is 9.46. The third-order valence-electron chi connectivity index (χ3n) is 4.89. The van der Waals surface area contributed by atoms with E-state index in [1.165, 1.54) is 6.33 Å². The molecule has 4 N–H and O–H groups in total. The Kier molecular flexibility index (Phi) is 4.32. The van der Waals surface area contributed by atoms with Crippen LogP contribution in [0.4, 0.5) is 5.82 Å². The van der Waals surface area contributed by atoms with Crippen LogP contribution in [0.3, 0.4) is 0 Å². The highest BCUT2D eigenvalue weighted by Gasteiger charge is 2.18. The van der Waals surface area contributed by atoms with E-state index in [0.29, 0.717) is 35.5 Å². The van der Waals surface area contributed by atoms with Crippen molar-refractivity contribution in [2.45, 2.75) is 6.42 Å². The summed E-state index contributed by atoms with van der Waals surface area (Å²) in [6.45, 7) is 0.577. The van der Waals surface area contributed by atoms with Gasteiger partial charge in [-0.2, -0.15) is 0 Å². The first-order valence-electron chi connectivity index (χ1n) is 9.46. The van der Waals surface area contributed by atoms with Gasteiger partial charge >= 0.3 is 0 Å². The Morgan fingerprint density at radius 2 is 1.93 bits per heavy atom. The van der Waals surface area contributed by atoms with Gasteiger partial charge in [-0.15, -0.1) is 0 Å². The van der Waals surface area contributed by atoms with Crippen molar-refractivity contribution in [1.29, 1.82) is 0 Å². The third-order valence-corrected chi connectivity index (χ3v) is 4.89. The molecule has 5 aromatic rings. The molecular weight excluding hydrogens is 380 g/mol. The maximum atomic E-state index is 12.1. The van der Waals surface area contributed by atoms with Crippen LogP contribution >= 0.6 is 0 Å². The molecule has 0 saturated carbocycles. The van der Waals surface area contributed by atoms with Crippen LogP contribution in [0.2, 0.25) is 0 Å². The quantitative estimate of drug-likeness (QED) is 0.403. The molecule has 148 valence electrons. The van der Waals surface area contributed by atoms with Crippen LogP contribution in [0.5, 0.6) is 0 Å². The fourth-order valence-corrected chi connectivity index (χ4v) is 3.59. The third kappa shape index (κ3) is 3.02. The van der Waals surface area contributed by atoms with Crippen molar-refractivity contribution in [2.75, 3.05) is 11.9 Å². The summed E-state index contributed by atoms with van der Waals surface area (Å²) in [5, 5.41) is 3.32. The minimum atomic E-state index is -0.482. The number of fused-ring (bicyclic) bond motifs is 2. The zero-order valence-electron chi connectivity index (χ0n) is 15.9. The normalized spacial score (nSPS) is 11.2. The zero-order chi connectivity index (χ0) is 20.5. The number of para-hydroxylation sites is 2. The number of hydrogen-bond donors (Lipinski definition) is 3. The highest BCUT2D eigenvalue weighted by atomic mass is 16.1. The second-order valence-corrected chi connectivity index (χ2v) is 6.74. The highest BCUT2D eigenvalue weighted by Crippen LogP contribution is 2.25. The molecule has 9 heteroatoms. The summed E-state index contributed by atoms with van der Waals surface area (Å²) >= 11 is 0. The molecule has 0 spiro atoms. The van der Waals surface area contributed by atoms with E-state index in [1.54, 1.807) is 18.5 Å². The fraction of sp³-hybridized carbons (Fsp3) is 0.0952. The van der Waals surface area contributed by atoms with Crippen molar-refractivity contribution in [2.24, 2.45) is 5.73 Å². The van der Waals surface area contributed by atoms with Crippen molar-refractivity contribution in [1.82, 2.24) is 29.5 Å². The van der Waals surface area contributed by atoms with Gasteiger partial charge in [-0.1, -0.05) is 24.3 Å². The van der Waals surface area contributed by atoms with Crippen molar-refractivity contribution in [3.8, 4) is 5.69 Å². The molecule has 3 aromatic heterocycles. The molecule has 0 unspecified atom stereocenters. The number of aromatic amines is 1. The molecule has 0 radical (unpaired) electrons. The fourth-order valence-electron chi connectivity index (χ4n) is 3.59. The first-order chi connectivity index (χ1) is 14.7. The monoisotopic (exact) mass is 398 g/mol. The average molecular weight is 398 g/mol. The molecule has 0 aliphatic rings. The summed E-state index contributed by atoms with van der Waals surface area (Å²) in [6.07, 6.45) is 3.66. The standard InChI is InChI=1S/C21H18N8O/c22-19(30)14-7-4-8-15-18(14)29(13-5-2-1-3-6-13)16(28-15)9-10-23-20-17-21(25-11-24-17)27-12-26-20/h1-8,11-12H,9-10H2,(H2,22,30)(H2,23,24,25,26,27). The lowest BCUT2D eigenvalue weighted by Crippen LogP contribution is -2.14. The number of rotatable bonds is 6. The predicted molar refractivity (Wildman–Crippen MR) is 113 cm³/mol. The summed E-state index contributed by atoms with van der Waals surface area (Å²) in [7, 11) is 0. The van der Waals surface area contributed by atoms with Crippen molar-refractivity contribution >= 4 is 33.9 Å². The van der Waals surface area contributed by atoms with Crippen molar-refractivity contribution < 1.29 is 4.79 Å². The second-order valence-electron chi connectivity index (χ2n) is 6.74. The van der Waals surface area contributed by atoms with E-state index in [4.69, 9.17) is 10.7 Å². The molecular formula is C21H18N8O. The molecule has 0 bridgehead atoms. The second kappa shape index (κ2) is 7.28. The number of nitrogens with zero attached hydrogens (tertiary/aromatic N) is 5. The van der Waals surface area contributed by atoms with Crippen LogP contribution in [0.25, 0.3) is 27.9 Å². The van der Waals surface area contributed by atoms with Gasteiger partial charge in [0.2, 0.25) is 0 Å². The summed E-state index contributed by atoms with van der Waals surface area (Å²) in [4.78, 5) is 32.4. The molecule has 0 aliphatic carbocycles. The number of aromatic nitrogens is 6. The molecule has 0 saturated heterocycles. The van der Waals surface area contributed by atoms with Crippen LogP contribution in [0.1, 0.15) is 16.2 Å². The molecule has 5 rings (SSSR count). The Morgan fingerprint density at radius 3 is 2.77 bits per heavy atom. The molecule has 0 aliphatic heterocycles. The molecule has 9 nitrogen and oxygen atoms in total. The smallest absolute Gasteiger partial charge is 0.250 e. The zero-order valence-corrected chi connectivity index (χ0v) is 15.9. The summed E-state index contributed by atoms with van der Waals surface area (Å²) in [6, 6.07) is 15.2. The van der Waals surface area contributed by atoms with Crippen LogP contribution in [0.15, 0.2) is 61.2 Å². The van der Waals surface area contributed by atoms with E-state index in [-0.39, 0.29) is 0 Å². The molecule has 30 heavy (non-hydrogen) atoms. The van der Waals surface area contributed by atoms with Crippen LogP contribution < -0.4 is 11.1 Å². The number of amides is 1. The van der Waals surface area contributed by atoms with E-state index in [2.05, 4.69) is 25.3 Å². The van der Waals surface area contributed by atoms with Gasteiger partial charge in [-0.3, -0.25) is 9.36 Å². The van der Waals surface area contributed by atoms with Crippen molar-refractivity contribution in [3.05, 3.63) is 72.6 Å². The number of imidazole rings is 2. The molecule has 2 aromatic carbocycles. The largest absolute Gasteiger partial charge is 0.368 e. The lowest BCUT2D eigenvalue weighted by molar-refractivity contribution is 0.100. The summed E-state index contributed by atoms with van der Waals surface area (Å²) in [5.41, 5.74) is 9.80. The van der Waals surface area contributed by atoms with E-state index < -0.39 is 5.91 Å². The first kappa shape index (κ1) is 17.8. The Balaban J connectivity index is 1.53. The van der Waals surface area contributed by atoms with Gasteiger partial charge in [0.05, 0.1) is 22.9 Å². The summed E-state index contributed by atoms with van der Waals surface area (Å²) < 4.78 is 1.99. The van der Waals surface area contributed by atoms with Gasteiger partial charge in [0.1, 0.15) is 17.7 Å². The number of primary amides is 1. The van der Waals surface area contributed by atoms with Crippen LogP contribution in [-0.2, 0) is 6.42 Å². The Morgan fingerprint density at radius 1 is 1.07 bits per heavy atom. The Bertz CT molecular complexity index is 1360. The molecule has 0 fully saturated rings. The van der Waals surface area contributed by atoms with Gasteiger partial charge in [0.25, 0.3) is 5.91 Å². The predicted octanol–water partition coefficient (Wildman–Crippen LogP) is 2.45. The van der Waals surface area contributed by atoms with E-state index >= 15 is 0 Å². The Labute approximate surface area is 171 Å².